The Morgan fingerprint density at radius 2 is 1.97 bits per heavy atom. The number of carbonyl (C=O) groups excluding carboxylic acids is 1. The molecule has 3 aromatic heterocycles. The molecule has 0 radical (unpaired) electrons. The van der Waals surface area contributed by atoms with Crippen LogP contribution < -0.4 is 5.32 Å². The number of fused-ring (bicyclic) bond motifs is 1. The van der Waals surface area contributed by atoms with Gasteiger partial charge in [0.2, 0.25) is 0 Å². The molecule has 0 saturated heterocycles. The lowest BCUT2D eigenvalue weighted by Crippen LogP contribution is -2.14. The number of benzene rings is 1. The molecule has 3 heterocycles. The SMILES string of the molecule is Cc1nn(Cc2cnc[nH]2)c2ncc(C(=O)Nc3ccc(C(F)(F)F)cc3)c(Cl)c12. The molecule has 4 rings (SSSR count). The summed E-state index contributed by atoms with van der Waals surface area (Å²) in [5.74, 6) is -0.588. The summed E-state index contributed by atoms with van der Waals surface area (Å²) < 4.78 is 39.7. The first-order chi connectivity index (χ1) is 14.2. The Hall–Kier alpha value is -3.40. The van der Waals surface area contributed by atoms with Crippen LogP contribution >= 0.6 is 11.6 Å². The van der Waals surface area contributed by atoms with E-state index in [9.17, 15) is 18.0 Å². The molecule has 0 atom stereocenters. The molecule has 0 fully saturated rings. The first-order valence-electron chi connectivity index (χ1n) is 8.71. The van der Waals surface area contributed by atoms with Gasteiger partial charge in [-0.1, -0.05) is 11.6 Å². The minimum atomic E-state index is -4.45. The largest absolute Gasteiger partial charge is 0.416 e. The normalized spacial score (nSPS) is 11.8. The average molecular weight is 435 g/mol. The third-order valence-corrected chi connectivity index (χ3v) is 4.85. The number of imidazole rings is 1. The Labute approximate surface area is 172 Å². The maximum atomic E-state index is 12.7. The lowest BCUT2D eigenvalue weighted by molar-refractivity contribution is -0.137. The third kappa shape index (κ3) is 3.73. The standard InChI is InChI=1S/C19H14ClF3N6O/c1-10-15-16(20)14(7-25-17(15)29(28-10)8-13-6-24-9-26-13)18(30)27-12-4-2-11(3-5-12)19(21,22)23/h2-7,9H,8H2,1H3,(H,24,26)(H,27,30). The number of carbonyl (C=O) groups is 1. The van der Waals surface area contributed by atoms with E-state index >= 15 is 0 Å². The number of aryl methyl sites for hydroxylation is 1. The topological polar surface area (TPSA) is 88.5 Å². The average Bonchev–Trinajstić information content (AvgIpc) is 3.30. The lowest BCUT2D eigenvalue weighted by Gasteiger charge is -2.10. The molecule has 0 saturated carbocycles. The third-order valence-electron chi connectivity index (χ3n) is 4.46. The number of alkyl halides is 3. The fourth-order valence-corrected chi connectivity index (χ4v) is 3.37. The highest BCUT2D eigenvalue weighted by atomic mass is 35.5. The molecule has 4 aromatic rings. The van der Waals surface area contributed by atoms with Gasteiger partial charge < -0.3 is 10.3 Å². The molecule has 0 unspecified atom stereocenters. The molecule has 0 spiro atoms. The summed E-state index contributed by atoms with van der Waals surface area (Å²) in [7, 11) is 0. The number of H-pyrrole nitrogens is 1. The van der Waals surface area contributed by atoms with Gasteiger partial charge in [0, 0.05) is 18.1 Å². The van der Waals surface area contributed by atoms with Gasteiger partial charge in [0.1, 0.15) is 0 Å². The second kappa shape index (κ2) is 7.45. The fourth-order valence-electron chi connectivity index (χ4n) is 3.02. The number of aromatic amines is 1. The van der Waals surface area contributed by atoms with Crippen LogP contribution in [-0.2, 0) is 12.7 Å². The van der Waals surface area contributed by atoms with Crippen molar-refractivity contribution in [1.82, 2.24) is 24.7 Å². The maximum Gasteiger partial charge on any atom is 0.416 e. The molecule has 11 heteroatoms. The van der Waals surface area contributed by atoms with E-state index in [-0.39, 0.29) is 16.3 Å². The van der Waals surface area contributed by atoms with Crippen LogP contribution in [0.5, 0.6) is 0 Å². The predicted octanol–water partition coefficient (Wildman–Crippen LogP) is 4.44. The summed E-state index contributed by atoms with van der Waals surface area (Å²) in [5.41, 5.74) is 1.40. The van der Waals surface area contributed by atoms with Gasteiger partial charge in [0.25, 0.3) is 5.91 Å². The number of aromatic nitrogens is 5. The van der Waals surface area contributed by atoms with Crippen molar-refractivity contribution in [3.05, 3.63) is 70.5 Å². The van der Waals surface area contributed by atoms with Crippen molar-refractivity contribution in [1.29, 1.82) is 0 Å². The molecule has 30 heavy (non-hydrogen) atoms. The summed E-state index contributed by atoms with van der Waals surface area (Å²) in [4.78, 5) is 23.9. The summed E-state index contributed by atoms with van der Waals surface area (Å²) in [6.45, 7) is 2.14. The Morgan fingerprint density at radius 3 is 2.60 bits per heavy atom. The van der Waals surface area contributed by atoms with E-state index in [0.29, 0.717) is 23.3 Å². The Bertz CT molecular complexity index is 1220. The highest BCUT2D eigenvalue weighted by Crippen LogP contribution is 2.31. The van der Waals surface area contributed by atoms with Crippen LogP contribution in [0.2, 0.25) is 5.02 Å². The number of hydrogen-bond donors (Lipinski definition) is 2. The minimum Gasteiger partial charge on any atom is -0.347 e. The molecule has 0 bridgehead atoms. The van der Waals surface area contributed by atoms with E-state index in [1.807, 2.05) is 0 Å². The molecular weight excluding hydrogens is 421 g/mol. The highest BCUT2D eigenvalue weighted by molar-refractivity contribution is 6.39. The van der Waals surface area contributed by atoms with Crippen LogP contribution in [0.4, 0.5) is 18.9 Å². The van der Waals surface area contributed by atoms with Gasteiger partial charge in [-0.15, -0.1) is 0 Å². The Balaban J connectivity index is 1.62. The first-order valence-corrected chi connectivity index (χ1v) is 9.09. The van der Waals surface area contributed by atoms with E-state index in [0.717, 1.165) is 17.8 Å². The first kappa shape index (κ1) is 19.9. The van der Waals surface area contributed by atoms with Crippen LogP contribution in [-0.4, -0.2) is 30.6 Å². The highest BCUT2D eigenvalue weighted by Gasteiger charge is 2.30. The number of amides is 1. The molecular formula is C19H14ClF3N6O. The van der Waals surface area contributed by atoms with Gasteiger partial charge in [-0.2, -0.15) is 18.3 Å². The zero-order chi connectivity index (χ0) is 21.5. The number of nitrogens with zero attached hydrogens (tertiary/aromatic N) is 4. The quantitative estimate of drug-likeness (QED) is 0.497. The van der Waals surface area contributed by atoms with Crippen LogP contribution in [0, 0.1) is 6.92 Å². The summed E-state index contributed by atoms with van der Waals surface area (Å²) >= 11 is 6.47. The minimum absolute atomic E-state index is 0.0910. The van der Waals surface area contributed by atoms with Gasteiger partial charge in [0.15, 0.2) is 5.65 Å². The zero-order valence-electron chi connectivity index (χ0n) is 15.5. The van der Waals surface area contributed by atoms with Crippen molar-refractivity contribution in [3.63, 3.8) is 0 Å². The molecule has 1 amide bonds. The van der Waals surface area contributed by atoms with E-state index in [4.69, 9.17) is 11.6 Å². The molecule has 1 aromatic carbocycles. The van der Waals surface area contributed by atoms with E-state index in [1.54, 1.807) is 24.1 Å². The predicted molar refractivity (Wildman–Crippen MR) is 104 cm³/mol. The lowest BCUT2D eigenvalue weighted by atomic mass is 10.1. The number of pyridine rings is 1. The van der Waals surface area contributed by atoms with Gasteiger partial charge in [0.05, 0.1) is 45.8 Å². The zero-order valence-corrected chi connectivity index (χ0v) is 16.2. The van der Waals surface area contributed by atoms with Crippen molar-refractivity contribution in [2.24, 2.45) is 0 Å². The fraction of sp³-hybridized carbons (Fsp3) is 0.158. The van der Waals surface area contributed by atoms with Gasteiger partial charge in [-0.3, -0.25) is 4.79 Å². The summed E-state index contributed by atoms with van der Waals surface area (Å²) in [6.07, 6.45) is 0.0810. The second-order valence-electron chi connectivity index (χ2n) is 6.53. The summed E-state index contributed by atoms with van der Waals surface area (Å²) in [6, 6.07) is 4.13. The van der Waals surface area contributed by atoms with Crippen LogP contribution in [0.3, 0.4) is 0 Å². The van der Waals surface area contributed by atoms with Crippen LogP contribution in [0.15, 0.2) is 43.0 Å². The van der Waals surface area contributed by atoms with Crippen molar-refractivity contribution in [2.45, 2.75) is 19.6 Å². The van der Waals surface area contributed by atoms with Crippen molar-refractivity contribution in [2.75, 3.05) is 5.32 Å². The molecule has 0 aliphatic heterocycles. The molecule has 0 aliphatic carbocycles. The number of hydrogen-bond acceptors (Lipinski definition) is 4. The molecule has 7 nitrogen and oxygen atoms in total. The maximum absolute atomic E-state index is 12.7. The Kier molecular flexibility index (Phi) is 4.94. The number of anilines is 1. The van der Waals surface area contributed by atoms with Crippen molar-refractivity contribution < 1.29 is 18.0 Å². The van der Waals surface area contributed by atoms with E-state index in [1.165, 1.54) is 18.3 Å². The molecule has 2 N–H and O–H groups in total. The van der Waals surface area contributed by atoms with Gasteiger partial charge in [-0.25, -0.2) is 14.6 Å². The number of nitrogens with one attached hydrogen (secondary N) is 2. The van der Waals surface area contributed by atoms with E-state index in [2.05, 4.69) is 25.4 Å². The summed E-state index contributed by atoms with van der Waals surface area (Å²) in [5, 5.41) is 7.65. The van der Waals surface area contributed by atoms with Crippen molar-refractivity contribution in [3.8, 4) is 0 Å². The van der Waals surface area contributed by atoms with Gasteiger partial charge >= 0.3 is 6.18 Å². The van der Waals surface area contributed by atoms with Crippen LogP contribution in [0.25, 0.3) is 11.0 Å². The monoisotopic (exact) mass is 434 g/mol. The van der Waals surface area contributed by atoms with Crippen molar-refractivity contribution >= 4 is 34.2 Å². The number of halogens is 4. The second-order valence-corrected chi connectivity index (χ2v) is 6.91. The van der Waals surface area contributed by atoms with Gasteiger partial charge in [-0.05, 0) is 31.2 Å². The molecule has 0 aliphatic rings. The van der Waals surface area contributed by atoms with Crippen LogP contribution in [0.1, 0.15) is 27.3 Å². The van der Waals surface area contributed by atoms with E-state index < -0.39 is 17.6 Å². The molecule has 154 valence electrons. The Morgan fingerprint density at radius 1 is 1.23 bits per heavy atom. The smallest absolute Gasteiger partial charge is 0.347 e. The number of rotatable bonds is 4.